The molecule has 0 saturated carbocycles. The van der Waals surface area contributed by atoms with Crippen molar-refractivity contribution >= 4 is 11.7 Å². The number of methoxy groups -OCH3 is 1. The number of carbonyl (C=O) groups is 1. The van der Waals surface area contributed by atoms with Gasteiger partial charge in [-0.3, -0.25) is 0 Å². The summed E-state index contributed by atoms with van der Waals surface area (Å²) in [6.07, 6.45) is 3.82. The topological polar surface area (TPSA) is 29.5 Å². The number of anilines is 1. The fourth-order valence-corrected chi connectivity index (χ4v) is 1.75. The molecular weight excluding hydrogens is 209 g/mol. The lowest BCUT2D eigenvalue weighted by Gasteiger charge is -2.13. The molecule has 1 aliphatic heterocycles. The average molecular weight is 221 g/mol. The Morgan fingerprint density at radius 3 is 3.12 bits per heavy atom. The van der Waals surface area contributed by atoms with Crippen LogP contribution in [0.25, 0.3) is 0 Å². The van der Waals surface area contributed by atoms with Gasteiger partial charge in [-0.25, -0.2) is 9.18 Å². The lowest BCUT2D eigenvalue weighted by atomic mass is 10.2. The zero-order valence-corrected chi connectivity index (χ0v) is 8.94. The van der Waals surface area contributed by atoms with Crippen LogP contribution in [0, 0.1) is 5.82 Å². The molecule has 0 aromatic heterocycles. The van der Waals surface area contributed by atoms with Crippen LogP contribution in [0.4, 0.5) is 10.1 Å². The molecule has 1 aromatic rings. The van der Waals surface area contributed by atoms with E-state index in [4.69, 9.17) is 0 Å². The van der Waals surface area contributed by atoms with Crippen LogP contribution in [0.15, 0.2) is 30.5 Å². The minimum absolute atomic E-state index is 0.267. The molecule has 3 nitrogen and oxygen atoms in total. The van der Waals surface area contributed by atoms with Crippen LogP contribution in [0.1, 0.15) is 5.56 Å². The molecule has 0 saturated heterocycles. The Kier molecular flexibility index (Phi) is 2.90. The van der Waals surface area contributed by atoms with E-state index in [1.165, 1.54) is 25.3 Å². The Labute approximate surface area is 93.1 Å². The third kappa shape index (κ3) is 2.05. The Bertz CT molecular complexity index is 443. The molecule has 0 bridgehead atoms. The van der Waals surface area contributed by atoms with Gasteiger partial charge in [0, 0.05) is 24.5 Å². The monoisotopic (exact) mass is 221 g/mol. The van der Waals surface area contributed by atoms with Crippen LogP contribution in [0.3, 0.4) is 0 Å². The molecule has 0 aliphatic carbocycles. The van der Waals surface area contributed by atoms with Crippen LogP contribution >= 0.6 is 0 Å². The van der Waals surface area contributed by atoms with E-state index in [0.717, 1.165) is 24.2 Å². The molecule has 0 amide bonds. The summed E-state index contributed by atoms with van der Waals surface area (Å²) in [5.74, 6) is -0.679. The van der Waals surface area contributed by atoms with E-state index in [1.807, 2.05) is 4.90 Å². The number of halogens is 1. The average Bonchev–Trinajstić information content (AvgIpc) is 2.68. The zero-order chi connectivity index (χ0) is 11.5. The number of hydrogen-bond donors (Lipinski definition) is 0. The molecule has 84 valence electrons. The number of ether oxygens (including phenoxy) is 1. The van der Waals surface area contributed by atoms with Gasteiger partial charge in [0.1, 0.15) is 5.82 Å². The molecule has 0 fully saturated rings. The summed E-state index contributed by atoms with van der Waals surface area (Å²) in [4.78, 5) is 12.8. The SMILES string of the molecule is COC(=O)/C=C/N1CCc2ccc(F)cc21. The maximum absolute atomic E-state index is 13.1. The minimum atomic E-state index is -0.412. The zero-order valence-electron chi connectivity index (χ0n) is 8.94. The highest BCUT2D eigenvalue weighted by Crippen LogP contribution is 2.28. The fraction of sp³-hybridized carbons (Fsp3) is 0.250. The summed E-state index contributed by atoms with van der Waals surface area (Å²) >= 11 is 0. The van der Waals surface area contributed by atoms with Crippen molar-refractivity contribution in [1.82, 2.24) is 0 Å². The molecule has 1 aliphatic rings. The van der Waals surface area contributed by atoms with E-state index in [1.54, 1.807) is 12.3 Å². The Morgan fingerprint density at radius 2 is 2.38 bits per heavy atom. The summed E-state index contributed by atoms with van der Waals surface area (Å²) < 4.78 is 17.6. The number of carbonyl (C=O) groups excluding carboxylic acids is 1. The van der Waals surface area contributed by atoms with Crippen molar-refractivity contribution < 1.29 is 13.9 Å². The number of nitrogens with zero attached hydrogens (tertiary/aromatic N) is 1. The van der Waals surface area contributed by atoms with Crippen LogP contribution in [0.5, 0.6) is 0 Å². The van der Waals surface area contributed by atoms with Crippen molar-refractivity contribution in [2.75, 3.05) is 18.6 Å². The van der Waals surface area contributed by atoms with Gasteiger partial charge in [0.05, 0.1) is 7.11 Å². The molecule has 1 heterocycles. The number of esters is 1. The van der Waals surface area contributed by atoms with E-state index in [2.05, 4.69) is 4.74 Å². The first-order chi connectivity index (χ1) is 7.70. The summed E-state index contributed by atoms with van der Waals surface area (Å²) in [5.41, 5.74) is 1.91. The van der Waals surface area contributed by atoms with Crippen LogP contribution < -0.4 is 4.90 Å². The second-order valence-corrected chi connectivity index (χ2v) is 3.56. The van der Waals surface area contributed by atoms with Gasteiger partial charge in [-0.05, 0) is 24.1 Å². The maximum atomic E-state index is 13.1. The lowest BCUT2D eigenvalue weighted by Crippen LogP contribution is -2.13. The third-order valence-corrected chi connectivity index (χ3v) is 2.57. The van der Waals surface area contributed by atoms with E-state index in [-0.39, 0.29) is 5.82 Å². The van der Waals surface area contributed by atoms with Crippen LogP contribution in [-0.4, -0.2) is 19.6 Å². The first-order valence-corrected chi connectivity index (χ1v) is 5.02. The molecule has 4 heteroatoms. The van der Waals surface area contributed by atoms with Crippen molar-refractivity contribution in [3.63, 3.8) is 0 Å². The van der Waals surface area contributed by atoms with Gasteiger partial charge in [-0.15, -0.1) is 0 Å². The molecule has 0 radical (unpaired) electrons. The third-order valence-electron chi connectivity index (χ3n) is 2.57. The standard InChI is InChI=1S/C12H12FNO2/c1-16-12(15)5-7-14-6-4-9-2-3-10(13)8-11(9)14/h2-3,5,7-8H,4,6H2,1H3/b7-5+. The highest BCUT2D eigenvalue weighted by molar-refractivity contribution is 5.82. The van der Waals surface area contributed by atoms with Gasteiger partial charge in [-0.2, -0.15) is 0 Å². The highest BCUT2D eigenvalue weighted by Gasteiger charge is 2.17. The first-order valence-electron chi connectivity index (χ1n) is 5.02. The summed E-state index contributed by atoms with van der Waals surface area (Å²) in [6.45, 7) is 0.756. The molecule has 1 aromatic carbocycles. The van der Waals surface area contributed by atoms with E-state index >= 15 is 0 Å². The number of benzene rings is 1. The van der Waals surface area contributed by atoms with E-state index in [9.17, 15) is 9.18 Å². The molecule has 0 unspecified atom stereocenters. The van der Waals surface area contributed by atoms with Crippen molar-refractivity contribution in [1.29, 1.82) is 0 Å². The minimum Gasteiger partial charge on any atom is -0.466 e. The first kappa shape index (κ1) is 10.7. The van der Waals surface area contributed by atoms with Gasteiger partial charge in [0.15, 0.2) is 0 Å². The summed E-state index contributed by atoms with van der Waals surface area (Å²) in [5, 5.41) is 0. The van der Waals surface area contributed by atoms with Gasteiger partial charge >= 0.3 is 5.97 Å². The molecule has 2 rings (SSSR count). The van der Waals surface area contributed by atoms with Gasteiger partial charge in [-0.1, -0.05) is 6.07 Å². The molecule has 0 N–H and O–H groups in total. The van der Waals surface area contributed by atoms with Crippen molar-refractivity contribution in [2.45, 2.75) is 6.42 Å². The number of rotatable bonds is 2. The fourth-order valence-electron chi connectivity index (χ4n) is 1.75. The van der Waals surface area contributed by atoms with Crippen molar-refractivity contribution in [2.24, 2.45) is 0 Å². The van der Waals surface area contributed by atoms with E-state index in [0.29, 0.717) is 0 Å². The maximum Gasteiger partial charge on any atom is 0.331 e. The Morgan fingerprint density at radius 1 is 1.56 bits per heavy atom. The second-order valence-electron chi connectivity index (χ2n) is 3.56. The normalized spacial score (nSPS) is 14.2. The number of fused-ring (bicyclic) bond motifs is 1. The second kappa shape index (κ2) is 4.35. The Hall–Kier alpha value is -1.84. The van der Waals surface area contributed by atoms with Gasteiger partial charge in [0.2, 0.25) is 0 Å². The Balaban J connectivity index is 2.20. The quantitative estimate of drug-likeness (QED) is 0.564. The van der Waals surface area contributed by atoms with Gasteiger partial charge < -0.3 is 9.64 Å². The molecular formula is C12H12FNO2. The van der Waals surface area contributed by atoms with Crippen molar-refractivity contribution in [3.05, 3.63) is 41.9 Å². The summed E-state index contributed by atoms with van der Waals surface area (Å²) in [6, 6.07) is 4.70. The number of hydrogen-bond acceptors (Lipinski definition) is 3. The largest absolute Gasteiger partial charge is 0.466 e. The molecule has 16 heavy (non-hydrogen) atoms. The molecule has 0 atom stereocenters. The predicted octanol–water partition coefficient (Wildman–Crippen LogP) is 1.87. The summed E-state index contributed by atoms with van der Waals surface area (Å²) in [7, 11) is 1.32. The highest BCUT2D eigenvalue weighted by atomic mass is 19.1. The van der Waals surface area contributed by atoms with Gasteiger partial charge in [0.25, 0.3) is 0 Å². The van der Waals surface area contributed by atoms with Crippen molar-refractivity contribution in [3.8, 4) is 0 Å². The van der Waals surface area contributed by atoms with Crippen LogP contribution in [0.2, 0.25) is 0 Å². The smallest absolute Gasteiger partial charge is 0.331 e. The molecule has 0 spiro atoms. The van der Waals surface area contributed by atoms with E-state index < -0.39 is 5.97 Å². The van der Waals surface area contributed by atoms with Crippen LogP contribution in [-0.2, 0) is 16.0 Å². The predicted molar refractivity (Wildman–Crippen MR) is 58.6 cm³/mol. The lowest BCUT2D eigenvalue weighted by molar-refractivity contribution is -0.134.